The minimum atomic E-state index is -0.0443. The van der Waals surface area contributed by atoms with Crippen LogP contribution in [-0.2, 0) is 22.6 Å². The van der Waals surface area contributed by atoms with Gasteiger partial charge in [0.05, 0.1) is 12.5 Å². The molecular formula is C15H19N3O2. The first-order chi connectivity index (χ1) is 9.65. The average molecular weight is 273 g/mol. The van der Waals surface area contributed by atoms with Gasteiger partial charge in [-0.3, -0.25) is 9.59 Å². The largest absolute Gasteiger partial charge is 0.351 e. The molecule has 0 aromatic heterocycles. The van der Waals surface area contributed by atoms with Crippen LogP contribution in [0.2, 0.25) is 0 Å². The minimum absolute atomic E-state index is 0.0443. The number of fused-ring (bicyclic) bond motifs is 1. The highest BCUT2D eigenvalue weighted by Gasteiger charge is 2.24. The summed E-state index contributed by atoms with van der Waals surface area (Å²) in [6.07, 6.45) is 2.43. The van der Waals surface area contributed by atoms with E-state index in [1.165, 1.54) is 0 Å². The summed E-state index contributed by atoms with van der Waals surface area (Å²) in [5.74, 6) is 0.188. The number of nitrogens with zero attached hydrogens (tertiary/aromatic N) is 1. The van der Waals surface area contributed by atoms with E-state index in [0.29, 0.717) is 13.0 Å². The van der Waals surface area contributed by atoms with Crippen LogP contribution >= 0.6 is 0 Å². The normalized spacial score (nSPS) is 21.1. The number of carbonyl (C=O) groups is 2. The fraction of sp³-hybridized carbons (Fsp3) is 0.467. The van der Waals surface area contributed by atoms with Crippen LogP contribution in [0.25, 0.3) is 0 Å². The zero-order valence-electron chi connectivity index (χ0n) is 11.6. The Bertz CT molecular complexity index is 550. The molecule has 3 rings (SSSR count). The van der Waals surface area contributed by atoms with Gasteiger partial charge in [0.1, 0.15) is 0 Å². The number of hydrogen-bond donors (Lipinski definition) is 2. The number of nitrogens with one attached hydrogen (secondary N) is 2. The van der Waals surface area contributed by atoms with Crippen molar-refractivity contribution >= 4 is 17.5 Å². The van der Waals surface area contributed by atoms with Crippen molar-refractivity contribution in [3.8, 4) is 0 Å². The standard InChI is InChI=1S/C15H19N3O2/c1-18-13-5-4-10(7-11(13)8-14(18)19)9-17-15(20)12-3-2-6-16-12/h4-5,7,12,16H,2-3,6,8-9H2,1H3,(H,17,20). The van der Waals surface area contributed by atoms with Crippen molar-refractivity contribution in [1.82, 2.24) is 10.6 Å². The van der Waals surface area contributed by atoms with Gasteiger partial charge in [-0.25, -0.2) is 0 Å². The van der Waals surface area contributed by atoms with Crippen molar-refractivity contribution in [1.29, 1.82) is 0 Å². The molecule has 20 heavy (non-hydrogen) atoms. The van der Waals surface area contributed by atoms with E-state index >= 15 is 0 Å². The molecule has 0 bridgehead atoms. The molecule has 1 aromatic carbocycles. The second-order valence-electron chi connectivity index (χ2n) is 5.46. The first-order valence-corrected chi connectivity index (χ1v) is 7.04. The molecule has 0 aliphatic carbocycles. The molecule has 1 fully saturated rings. The molecular weight excluding hydrogens is 254 g/mol. The highest BCUT2D eigenvalue weighted by Crippen LogP contribution is 2.28. The van der Waals surface area contributed by atoms with E-state index in [9.17, 15) is 9.59 Å². The van der Waals surface area contributed by atoms with Crippen molar-refractivity contribution in [2.45, 2.75) is 31.8 Å². The third kappa shape index (κ3) is 2.41. The van der Waals surface area contributed by atoms with Crippen LogP contribution in [0.15, 0.2) is 18.2 Å². The Morgan fingerprint density at radius 3 is 3.10 bits per heavy atom. The second-order valence-corrected chi connectivity index (χ2v) is 5.46. The topological polar surface area (TPSA) is 61.4 Å². The third-order valence-corrected chi connectivity index (χ3v) is 4.06. The fourth-order valence-corrected chi connectivity index (χ4v) is 2.85. The second kappa shape index (κ2) is 5.25. The number of carbonyl (C=O) groups excluding carboxylic acids is 2. The summed E-state index contributed by atoms with van der Waals surface area (Å²) in [5.41, 5.74) is 3.06. The van der Waals surface area contributed by atoms with Crippen LogP contribution < -0.4 is 15.5 Å². The number of amides is 2. The molecule has 5 heteroatoms. The fourth-order valence-electron chi connectivity index (χ4n) is 2.85. The Labute approximate surface area is 118 Å². The van der Waals surface area contributed by atoms with Gasteiger partial charge >= 0.3 is 0 Å². The average Bonchev–Trinajstić information content (AvgIpc) is 3.06. The van der Waals surface area contributed by atoms with E-state index in [4.69, 9.17) is 0 Å². The van der Waals surface area contributed by atoms with Gasteiger partial charge in [0, 0.05) is 19.3 Å². The van der Waals surface area contributed by atoms with Gasteiger partial charge in [-0.2, -0.15) is 0 Å². The van der Waals surface area contributed by atoms with Gasteiger partial charge in [0.15, 0.2) is 0 Å². The van der Waals surface area contributed by atoms with Crippen LogP contribution in [0.4, 0.5) is 5.69 Å². The van der Waals surface area contributed by atoms with Gasteiger partial charge in [0.2, 0.25) is 11.8 Å². The summed E-state index contributed by atoms with van der Waals surface area (Å²) in [6.45, 7) is 1.44. The molecule has 2 amide bonds. The number of likely N-dealkylation sites (N-methyl/N-ethyl adjacent to an activating group) is 1. The molecule has 1 aromatic rings. The Balaban J connectivity index is 1.63. The lowest BCUT2D eigenvalue weighted by Crippen LogP contribution is -2.40. The van der Waals surface area contributed by atoms with E-state index in [0.717, 1.165) is 36.2 Å². The summed E-state index contributed by atoms with van der Waals surface area (Å²) in [5, 5.41) is 6.14. The molecule has 2 aliphatic heterocycles. The van der Waals surface area contributed by atoms with E-state index < -0.39 is 0 Å². The SMILES string of the molecule is CN1C(=O)Cc2cc(CNC(=O)C3CCCN3)ccc21. The van der Waals surface area contributed by atoms with E-state index in [1.54, 1.807) is 11.9 Å². The highest BCUT2D eigenvalue weighted by atomic mass is 16.2. The smallest absolute Gasteiger partial charge is 0.237 e. The van der Waals surface area contributed by atoms with Crippen molar-refractivity contribution in [2.75, 3.05) is 18.5 Å². The Morgan fingerprint density at radius 1 is 1.50 bits per heavy atom. The molecule has 0 spiro atoms. The zero-order valence-corrected chi connectivity index (χ0v) is 11.6. The van der Waals surface area contributed by atoms with Crippen molar-refractivity contribution < 1.29 is 9.59 Å². The monoisotopic (exact) mass is 273 g/mol. The maximum Gasteiger partial charge on any atom is 0.237 e. The van der Waals surface area contributed by atoms with Crippen molar-refractivity contribution in [2.24, 2.45) is 0 Å². The first-order valence-electron chi connectivity index (χ1n) is 7.04. The summed E-state index contributed by atoms with van der Waals surface area (Å²) in [4.78, 5) is 25.2. The number of rotatable bonds is 3. The molecule has 2 heterocycles. The summed E-state index contributed by atoms with van der Waals surface area (Å²) in [6, 6.07) is 5.89. The Hall–Kier alpha value is -1.88. The summed E-state index contributed by atoms with van der Waals surface area (Å²) < 4.78 is 0. The summed E-state index contributed by atoms with van der Waals surface area (Å²) >= 11 is 0. The molecule has 0 saturated carbocycles. The Kier molecular flexibility index (Phi) is 3.44. The number of anilines is 1. The lowest BCUT2D eigenvalue weighted by atomic mass is 10.1. The van der Waals surface area contributed by atoms with Crippen molar-refractivity contribution in [3.05, 3.63) is 29.3 Å². The third-order valence-electron chi connectivity index (χ3n) is 4.06. The maximum atomic E-state index is 11.9. The predicted molar refractivity (Wildman–Crippen MR) is 76.4 cm³/mol. The predicted octanol–water partition coefficient (Wildman–Crippen LogP) is 0.574. The molecule has 0 radical (unpaired) electrons. The Morgan fingerprint density at radius 2 is 2.35 bits per heavy atom. The van der Waals surface area contributed by atoms with Crippen LogP contribution in [0.3, 0.4) is 0 Å². The summed E-state index contributed by atoms with van der Waals surface area (Å²) in [7, 11) is 1.79. The van der Waals surface area contributed by atoms with Gasteiger partial charge in [0.25, 0.3) is 0 Å². The number of hydrogen-bond acceptors (Lipinski definition) is 3. The van der Waals surface area contributed by atoms with Gasteiger partial charge in [-0.1, -0.05) is 12.1 Å². The molecule has 1 unspecified atom stereocenters. The lowest BCUT2D eigenvalue weighted by Gasteiger charge is -2.13. The highest BCUT2D eigenvalue weighted by molar-refractivity contribution is 6.00. The minimum Gasteiger partial charge on any atom is -0.351 e. The molecule has 2 aliphatic rings. The molecule has 5 nitrogen and oxygen atoms in total. The molecule has 2 N–H and O–H groups in total. The van der Waals surface area contributed by atoms with E-state index in [-0.39, 0.29) is 17.9 Å². The van der Waals surface area contributed by atoms with E-state index in [2.05, 4.69) is 10.6 Å². The lowest BCUT2D eigenvalue weighted by molar-refractivity contribution is -0.123. The van der Waals surface area contributed by atoms with E-state index in [1.807, 2.05) is 18.2 Å². The van der Waals surface area contributed by atoms with Crippen molar-refractivity contribution in [3.63, 3.8) is 0 Å². The van der Waals surface area contributed by atoms with Gasteiger partial charge in [-0.05, 0) is 36.6 Å². The molecule has 1 atom stereocenters. The first kappa shape index (κ1) is 13.1. The van der Waals surface area contributed by atoms with Crippen LogP contribution in [0, 0.1) is 0 Å². The van der Waals surface area contributed by atoms with Crippen LogP contribution in [0.1, 0.15) is 24.0 Å². The molecule has 106 valence electrons. The maximum absolute atomic E-state index is 11.9. The number of benzene rings is 1. The quantitative estimate of drug-likeness (QED) is 0.846. The van der Waals surface area contributed by atoms with Crippen LogP contribution in [0.5, 0.6) is 0 Å². The molecule has 1 saturated heterocycles. The van der Waals surface area contributed by atoms with Gasteiger partial charge < -0.3 is 15.5 Å². The zero-order chi connectivity index (χ0) is 14.1. The van der Waals surface area contributed by atoms with Gasteiger partial charge in [-0.15, -0.1) is 0 Å². The van der Waals surface area contributed by atoms with Crippen LogP contribution in [-0.4, -0.2) is 31.4 Å².